The topological polar surface area (TPSA) is 46.5 Å². The van der Waals surface area contributed by atoms with Gasteiger partial charge in [-0.3, -0.25) is 4.79 Å². The Balaban J connectivity index is 2.16. The molecular formula is C23H29IO3. The summed E-state index contributed by atoms with van der Waals surface area (Å²) in [6, 6.07) is 17.8. The number of hydrogen-bond donors (Lipinski definition) is 1. The molecule has 4 heteroatoms. The van der Waals surface area contributed by atoms with E-state index >= 15 is 0 Å². The van der Waals surface area contributed by atoms with Gasteiger partial charge in [0.25, 0.3) is 0 Å². The molecule has 0 bridgehead atoms. The Bertz CT molecular complexity index is 742. The molecule has 0 saturated carbocycles. The number of benzene rings is 2. The number of hydrogen-bond acceptors (Lipinski definition) is 3. The fourth-order valence-corrected chi connectivity index (χ4v) is 3.62. The average Bonchev–Trinajstić information content (AvgIpc) is 2.66. The third kappa shape index (κ3) is 6.32. The predicted molar refractivity (Wildman–Crippen MR) is 117 cm³/mol. The highest BCUT2D eigenvalue weighted by Gasteiger charge is 2.37. The van der Waals surface area contributed by atoms with Crippen molar-refractivity contribution >= 4 is 28.6 Å². The first kappa shape index (κ1) is 21.9. The van der Waals surface area contributed by atoms with Gasteiger partial charge in [0.1, 0.15) is 6.61 Å². The number of carbonyl (C=O) groups is 1. The highest BCUT2D eigenvalue weighted by molar-refractivity contribution is 14.1. The fourth-order valence-electron chi connectivity index (χ4n) is 3.08. The highest BCUT2D eigenvalue weighted by Crippen LogP contribution is 2.34. The third-order valence-corrected chi connectivity index (χ3v) is 5.75. The molecule has 0 spiro atoms. The van der Waals surface area contributed by atoms with Gasteiger partial charge in [-0.15, -0.1) is 0 Å². The summed E-state index contributed by atoms with van der Waals surface area (Å²) in [4.78, 5) is 13.1. The van der Waals surface area contributed by atoms with E-state index < -0.39 is 5.41 Å². The van der Waals surface area contributed by atoms with Crippen molar-refractivity contribution in [3.05, 3.63) is 69.3 Å². The summed E-state index contributed by atoms with van der Waals surface area (Å²) in [6.45, 7) is 6.48. The maximum atomic E-state index is 13.1. The SMILES string of the molecule is CC(C)(CO)CCC[C@@](C)(C(=O)OCc1ccccc1)c1cccc(I)c1. The van der Waals surface area contributed by atoms with Crippen LogP contribution in [0.2, 0.25) is 0 Å². The van der Waals surface area contributed by atoms with Crippen LogP contribution in [0.5, 0.6) is 0 Å². The molecule has 1 atom stereocenters. The maximum absolute atomic E-state index is 13.1. The van der Waals surface area contributed by atoms with Crippen molar-refractivity contribution < 1.29 is 14.6 Å². The van der Waals surface area contributed by atoms with E-state index in [1.54, 1.807) is 0 Å². The van der Waals surface area contributed by atoms with Gasteiger partial charge in [-0.05, 0) is 71.0 Å². The third-order valence-electron chi connectivity index (χ3n) is 5.08. The van der Waals surface area contributed by atoms with Crippen molar-refractivity contribution in [3.8, 4) is 0 Å². The number of ether oxygens (including phenoxy) is 1. The lowest BCUT2D eigenvalue weighted by molar-refractivity contribution is -0.151. The number of esters is 1. The number of carbonyl (C=O) groups excluding carboxylic acids is 1. The van der Waals surface area contributed by atoms with Crippen molar-refractivity contribution in [1.82, 2.24) is 0 Å². The summed E-state index contributed by atoms with van der Waals surface area (Å²) >= 11 is 2.27. The lowest BCUT2D eigenvalue weighted by Crippen LogP contribution is -2.35. The molecule has 0 amide bonds. The molecule has 0 radical (unpaired) electrons. The standard InChI is InChI=1S/C23H29IO3/c1-22(2,17-25)13-8-14-23(3,19-11-7-12-20(24)15-19)21(26)27-16-18-9-5-4-6-10-18/h4-7,9-12,15,25H,8,13-14,16-17H2,1-3H3/t23-/m1/s1. The summed E-state index contributed by atoms with van der Waals surface area (Å²) in [6.07, 6.45) is 2.38. The summed E-state index contributed by atoms with van der Waals surface area (Å²) in [5.41, 5.74) is 1.12. The van der Waals surface area contributed by atoms with Crippen molar-refractivity contribution in [2.24, 2.45) is 5.41 Å². The van der Waals surface area contributed by atoms with Gasteiger partial charge in [-0.1, -0.05) is 62.7 Å². The van der Waals surface area contributed by atoms with Crippen LogP contribution in [-0.4, -0.2) is 17.7 Å². The molecule has 27 heavy (non-hydrogen) atoms. The van der Waals surface area contributed by atoms with Crippen molar-refractivity contribution in [3.63, 3.8) is 0 Å². The molecule has 1 N–H and O–H groups in total. The minimum Gasteiger partial charge on any atom is -0.460 e. The summed E-state index contributed by atoms with van der Waals surface area (Å²) in [7, 11) is 0. The lowest BCUT2D eigenvalue weighted by atomic mass is 9.76. The molecule has 146 valence electrons. The smallest absolute Gasteiger partial charge is 0.316 e. The lowest BCUT2D eigenvalue weighted by Gasteiger charge is -2.30. The number of aliphatic hydroxyl groups is 1. The van der Waals surface area contributed by atoms with Gasteiger partial charge in [0.05, 0.1) is 5.41 Å². The summed E-state index contributed by atoms with van der Waals surface area (Å²) in [5.74, 6) is -0.199. The van der Waals surface area contributed by atoms with Gasteiger partial charge < -0.3 is 9.84 Å². The van der Waals surface area contributed by atoms with E-state index in [1.807, 2.05) is 69.3 Å². The van der Waals surface area contributed by atoms with Crippen LogP contribution in [0.25, 0.3) is 0 Å². The van der Waals surface area contributed by atoms with Crippen LogP contribution < -0.4 is 0 Å². The Morgan fingerprint density at radius 1 is 1.04 bits per heavy atom. The van der Waals surface area contributed by atoms with Gasteiger partial charge in [0, 0.05) is 10.2 Å². The Hall–Kier alpha value is -1.40. The van der Waals surface area contributed by atoms with E-state index in [0.717, 1.165) is 27.5 Å². The van der Waals surface area contributed by atoms with E-state index in [9.17, 15) is 9.90 Å². The molecule has 0 unspecified atom stereocenters. The summed E-state index contributed by atoms with van der Waals surface area (Å²) in [5, 5.41) is 9.50. The largest absolute Gasteiger partial charge is 0.460 e. The van der Waals surface area contributed by atoms with Crippen molar-refractivity contribution in [1.29, 1.82) is 0 Å². The first-order valence-corrected chi connectivity index (χ1v) is 10.4. The van der Waals surface area contributed by atoms with Gasteiger partial charge in [-0.25, -0.2) is 0 Å². The van der Waals surface area contributed by atoms with E-state index in [4.69, 9.17) is 4.74 Å². The molecule has 0 aliphatic carbocycles. The zero-order chi connectivity index (χ0) is 19.9. The Morgan fingerprint density at radius 2 is 1.74 bits per heavy atom. The van der Waals surface area contributed by atoms with Gasteiger partial charge in [-0.2, -0.15) is 0 Å². The first-order valence-electron chi connectivity index (χ1n) is 9.35. The molecule has 0 saturated heterocycles. The number of aliphatic hydroxyl groups excluding tert-OH is 1. The van der Waals surface area contributed by atoms with E-state index in [1.165, 1.54) is 0 Å². The first-order chi connectivity index (χ1) is 12.8. The Morgan fingerprint density at radius 3 is 2.37 bits per heavy atom. The average molecular weight is 480 g/mol. The highest BCUT2D eigenvalue weighted by atomic mass is 127. The van der Waals surface area contributed by atoms with Gasteiger partial charge >= 0.3 is 5.97 Å². The fraction of sp³-hybridized carbons (Fsp3) is 0.435. The minimum absolute atomic E-state index is 0.139. The minimum atomic E-state index is -0.707. The summed E-state index contributed by atoms with van der Waals surface area (Å²) < 4.78 is 6.81. The van der Waals surface area contributed by atoms with Crippen molar-refractivity contribution in [2.75, 3.05) is 6.61 Å². The van der Waals surface area contributed by atoms with Crippen LogP contribution in [-0.2, 0) is 21.6 Å². The second kappa shape index (κ2) is 9.69. The molecule has 2 rings (SSSR count). The molecule has 3 nitrogen and oxygen atoms in total. The second-order valence-electron chi connectivity index (χ2n) is 8.08. The van der Waals surface area contributed by atoms with E-state index in [-0.39, 0.29) is 24.6 Å². The Kier molecular flexibility index (Phi) is 7.86. The molecule has 0 aliphatic rings. The zero-order valence-electron chi connectivity index (χ0n) is 16.4. The van der Waals surface area contributed by atoms with Crippen LogP contribution in [0.4, 0.5) is 0 Å². The molecule has 0 fully saturated rings. The van der Waals surface area contributed by atoms with Crippen molar-refractivity contribution in [2.45, 2.75) is 52.1 Å². The number of rotatable bonds is 9. The van der Waals surface area contributed by atoms with Gasteiger partial charge in [0.2, 0.25) is 0 Å². The molecule has 0 heterocycles. The molecule has 2 aromatic rings. The zero-order valence-corrected chi connectivity index (χ0v) is 18.5. The van der Waals surface area contributed by atoms with Crippen LogP contribution >= 0.6 is 22.6 Å². The molecule has 0 aliphatic heterocycles. The monoisotopic (exact) mass is 480 g/mol. The van der Waals surface area contributed by atoms with Crippen LogP contribution in [0.15, 0.2) is 54.6 Å². The molecule has 0 aromatic heterocycles. The van der Waals surface area contributed by atoms with E-state index in [0.29, 0.717) is 6.42 Å². The molecule has 2 aromatic carbocycles. The van der Waals surface area contributed by atoms with Crippen LogP contribution in [0.1, 0.15) is 51.2 Å². The molecular weight excluding hydrogens is 451 g/mol. The van der Waals surface area contributed by atoms with Crippen LogP contribution in [0, 0.1) is 8.99 Å². The second-order valence-corrected chi connectivity index (χ2v) is 9.33. The van der Waals surface area contributed by atoms with Gasteiger partial charge in [0.15, 0.2) is 0 Å². The van der Waals surface area contributed by atoms with E-state index in [2.05, 4.69) is 28.7 Å². The quantitative estimate of drug-likeness (QED) is 0.382. The maximum Gasteiger partial charge on any atom is 0.316 e. The predicted octanol–water partition coefficient (Wildman–Crippen LogP) is 5.48. The van der Waals surface area contributed by atoms with Crippen LogP contribution in [0.3, 0.4) is 0 Å². The number of halogens is 1. The normalized spacial score (nSPS) is 13.8. The Labute approximate surface area is 176 Å².